The second-order valence-corrected chi connectivity index (χ2v) is 5.87. The number of hydrogen-bond acceptors (Lipinski definition) is 1. The van der Waals surface area contributed by atoms with Crippen molar-refractivity contribution in [2.45, 2.75) is 58.1 Å². The van der Waals surface area contributed by atoms with E-state index < -0.39 is 0 Å². The quantitative estimate of drug-likeness (QED) is 0.180. The molecule has 0 aromatic heterocycles. The van der Waals surface area contributed by atoms with Crippen molar-refractivity contribution in [3.63, 3.8) is 0 Å². The fourth-order valence-corrected chi connectivity index (χ4v) is 2.55. The second kappa shape index (κ2) is 11.5. The Bertz CT molecular complexity index is 392. The lowest BCUT2D eigenvalue weighted by Crippen LogP contribution is -2.15. The molecule has 0 aliphatic heterocycles. The minimum Gasteiger partial charge on any atom is -0.407 e. The molecule has 0 heterocycles. The first-order chi connectivity index (χ1) is 9.99. The fourth-order valence-electron chi connectivity index (χ4n) is 2.06. The van der Waals surface area contributed by atoms with Gasteiger partial charge in [-0.3, -0.25) is 0 Å². The Morgan fingerprint density at radius 2 is 1.67 bits per heavy atom. The van der Waals surface area contributed by atoms with Gasteiger partial charge in [-0.2, -0.15) is 0 Å². The number of rotatable bonds is 13. The first-order valence-corrected chi connectivity index (χ1v) is 9.10. The molecule has 21 heavy (non-hydrogen) atoms. The maximum absolute atomic E-state index is 5.61. The molecule has 1 unspecified atom stereocenters. The third-order valence-corrected chi connectivity index (χ3v) is 4.05. The molecule has 1 nitrogen and oxygen atoms in total. The molecule has 0 aromatic rings. The molecule has 0 saturated carbocycles. The van der Waals surface area contributed by atoms with Gasteiger partial charge in [-0.05, 0) is 41.7 Å². The Labute approximate surface area is 134 Å². The standard InChI is InChI=1S/C19H30OSi/c1-8-10-11-12-13-14-15(3)16(4)17(5)18(6)19(9-2)20-21-7/h9,19H,2-6,8,10-14H2,1,7H3. The van der Waals surface area contributed by atoms with Crippen LogP contribution in [0.4, 0.5) is 0 Å². The van der Waals surface area contributed by atoms with E-state index in [4.69, 9.17) is 4.43 Å². The third-order valence-electron chi connectivity index (χ3n) is 3.56. The highest BCUT2D eigenvalue weighted by Crippen LogP contribution is 2.27. The molecular weight excluding hydrogens is 272 g/mol. The van der Waals surface area contributed by atoms with E-state index >= 15 is 0 Å². The van der Waals surface area contributed by atoms with Crippen molar-refractivity contribution in [3.05, 3.63) is 61.3 Å². The van der Waals surface area contributed by atoms with Gasteiger partial charge in [-0.15, -0.1) is 6.58 Å². The monoisotopic (exact) mass is 302 g/mol. The molecule has 116 valence electrons. The van der Waals surface area contributed by atoms with E-state index in [0.29, 0.717) is 9.76 Å². The minimum absolute atomic E-state index is 0.185. The molecule has 2 heteroatoms. The van der Waals surface area contributed by atoms with Gasteiger partial charge in [0.05, 0.1) is 6.10 Å². The zero-order chi connectivity index (χ0) is 16.3. The van der Waals surface area contributed by atoms with Gasteiger partial charge in [0.2, 0.25) is 9.76 Å². The van der Waals surface area contributed by atoms with E-state index in [1.54, 1.807) is 6.08 Å². The Hall–Kier alpha value is -1.12. The second-order valence-electron chi connectivity index (χ2n) is 5.23. The summed E-state index contributed by atoms with van der Waals surface area (Å²) in [5.74, 6) is 0. The summed E-state index contributed by atoms with van der Waals surface area (Å²) in [4.78, 5) is 0. The summed E-state index contributed by atoms with van der Waals surface area (Å²) in [7, 11) is 0.393. The molecule has 2 radical (unpaired) electrons. The SMILES string of the molecule is C=CC(O[Si]C)C(=C)C(=C)C(=C)C(=C)CCCCCCC. The number of unbranched alkanes of at least 4 members (excludes halogenated alkanes) is 4. The van der Waals surface area contributed by atoms with Crippen molar-refractivity contribution < 1.29 is 4.43 Å². The van der Waals surface area contributed by atoms with Crippen molar-refractivity contribution in [1.82, 2.24) is 0 Å². The van der Waals surface area contributed by atoms with E-state index in [9.17, 15) is 0 Å². The number of allylic oxidation sites excluding steroid dienone is 2. The lowest BCUT2D eigenvalue weighted by molar-refractivity contribution is 0.307. The van der Waals surface area contributed by atoms with Crippen LogP contribution in [0, 0.1) is 0 Å². The van der Waals surface area contributed by atoms with Crippen LogP contribution in [0.25, 0.3) is 0 Å². The zero-order valence-corrected chi connectivity index (χ0v) is 14.8. The topological polar surface area (TPSA) is 9.23 Å². The van der Waals surface area contributed by atoms with Crippen molar-refractivity contribution in [2.75, 3.05) is 0 Å². The van der Waals surface area contributed by atoms with Gasteiger partial charge >= 0.3 is 0 Å². The van der Waals surface area contributed by atoms with Crippen LogP contribution in [0.15, 0.2) is 61.3 Å². The van der Waals surface area contributed by atoms with Gasteiger partial charge in [-0.1, -0.05) is 65.0 Å². The highest BCUT2D eigenvalue weighted by atomic mass is 28.2. The Balaban J connectivity index is 4.35. The van der Waals surface area contributed by atoms with Crippen molar-refractivity contribution in [2.24, 2.45) is 0 Å². The summed E-state index contributed by atoms with van der Waals surface area (Å²) in [6.45, 7) is 24.4. The van der Waals surface area contributed by atoms with Gasteiger partial charge < -0.3 is 4.43 Å². The molecule has 0 rings (SSSR count). The molecular formula is C19H30OSi. The first-order valence-electron chi connectivity index (χ1n) is 7.69. The maximum atomic E-state index is 5.61. The van der Waals surface area contributed by atoms with Crippen LogP contribution in [0.1, 0.15) is 45.4 Å². The molecule has 0 amide bonds. The third kappa shape index (κ3) is 7.44. The van der Waals surface area contributed by atoms with Crippen molar-refractivity contribution >= 4 is 9.76 Å². The lowest BCUT2D eigenvalue weighted by Gasteiger charge is -2.20. The van der Waals surface area contributed by atoms with Crippen LogP contribution in [0.2, 0.25) is 6.55 Å². The normalized spacial score (nSPS) is 11.7. The molecule has 0 fully saturated rings. The summed E-state index contributed by atoms with van der Waals surface area (Å²) >= 11 is 0. The van der Waals surface area contributed by atoms with Crippen molar-refractivity contribution in [1.29, 1.82) is 0 Å². The molecule has 1 atom stereocenters. The van der Waals surface area contributed by atoms with Crippen LogP contribution in [-0.4, -0.2) is 15.9 Å². The van der Waals surface area contributed by atoms with Gasteiger partial charge in [0.15, 0.2) is 0 Å². The van der Waals surface area contributed by atoms with Gasteiger partial charge in [0.1, 0.15) is 0 Å². The summed E-state index contributed by atoms with van der Waals surface area (Å²) in [5, 5.41) is 0. The molecule has 0 aliphatic rings. The van der Waals surface area contributed by atoms with Crippen LogP contribution < -0.4 is 0 Å². The van der Waals surface area contributed by atoms with Crippen LogP contribution in [0.5, 0.6) is 0 Å². The molecule has 0 bridgehead atoms. The highest BCUT2D eigenvalue weighted by Gasteiger charge is 2.15. The van der Waals surface area contributed by atoms with Crippen LogP contribution in [-0.2, 0) is 4.43 Å². The summed E-state index contributed by atoms with van der Waals surface area (Å²) in [5.41, 5.74) is 3.61. The zero-order valence-electron chi connectivity index (χ0n) is 13.8. The highest BCUT2D eigenvalue weighted by molar-refractivity contribution is 6.25. The largest absolute Gasteiger partial charge is 0.407 e. The van der Waals surface area contributed by atoms with E-state index in [0.717, 1.165) is 35.1 Å². The van der Waals surface area contributed by atoms with Gasteiger partial charge in [0, 0.05) is 0 Å². The van der Waals surface area contributed by atoms with Crippen LogP contribution in [0.3, 0.4) is 0 Å². The summed E-state index contributed by atoms with van der Waals surface area (Å²) < 4.78 is 5.61. The van der Waals surface area contributed by atoms with Gasteiger partial charge in [-0.25, -0.2) is 0 Å². The maximum Gasteiger partial charge on any atom is 0.227 e. The van der Waals surface area contributed by atoms with E-state index in [-0.39, 0.29) is 6.10 Å². The Morgan fingerprint density at radius 3 is 2.19 bits per heavy atom. The molecule has 0 aromatic carbocycles. The first kappa shape index (κ1) is 19.9. The summed E-state index contributed by atoms with van der Waals surface area (Å²) in [6.07, 6.45) is 8.84. The van der Waals surface area contributed by atoms with Crippen LogP contribution >= 0.6 is 0 Å². The van der Waals surface area contributed by atoms with E-state index in [2.05, 4.69) is 39.8 Å². The molecule has 0 N–H and O–H groups in total. The minimum atomic E-state index is -0.185. The fraction of sp³-hybridized carbons (Fsp3) is 0.474. The lowest BCUT2D eigenvalue weighted by atomic mass is 9.91. The molecule has 0 aliphatic carbocycles. The van der Waals surface area contributed by atoms with E-state index in [1.807, 2.05) is 6.55 Å². The number of hydrogen-bond donors (Lipinski definition) is 0. The Morgan fingerprint density at radius 1 is 1.05 bits per heavy atom. The molecule has 0 spiro atoms. The predicted octanol–water partition coefficient (Wildman–Crippen LogP) is 5.81. The smallest absolute Gasteiger partial charge is 0.227 e. The van der Waals surface area contributed by atoms with Crippen molar-refractivity contribution in [3.8, 4) is 0 Å². The molecule has 0 saturated heterocycles. The van der Waals surface area contributed by atoms with Gasteiger partial charge in [0.25, 0.3) is 0 Å². The summed E-state index contributed by atoms with van der Waals surface area (Å²) in [6, 6.07) is 0. The average Bonchev–Trinajstić information content (AvgIpc) is 2.49. The predicted molar refractivity (Wildman–Crippen MR) is 96.6 cm³/mol. The van der Waals surface area contributed by atoms with E-state index in [1.165, 1.54) is 25.7 Å². The Kier molecular flexibility index (Phi) is 10.9. The average molecular weight is 303 g/mol.